The third kappa shape index (κ3) is 3.63. The minimum atomic E-state index is -0.205. The van der Waals surface area contributed by atoms with Gasteiger partial charge in [-0.2, -0.15) is 5.10 Å². The Bertz CT molecular complexity index is 502. The number of ether oxygens (including phenoxy) is 1. The monoisotopic (exact) mass is 294 g/mol. The predicted octanol–water partition coefficient (Wildman–Crippen LogP) is 0.842. The summed E-state index contributed by atoms with van der Waals surface area (Å²) in [5.74, 6) is 0.337. The minimum Gasteiger partial charge on any atom is -0.469 e. The molecule has 2 unspecified atom stereocenters. The molecular formula is C15H26N4O2. The standard InChI is InChI=1S/C15H26N4O2/c1-10-7-18(9-14(10)16)8-13-11(2)17-19(12(13)3)6-5-15(20)21-4/h10,14H,5-9,16H2,1-4H3. The van der Waals surface area contributed by atoms with Crippen LogP contribution in [-0.2, 0) is 22.6 Å². The lowest BCUT2D eigenvalue weighted by Crippen LogP contribution is -2.28. The van der Waals surface area contributed by atoms with E-state index in [4.69, 9.17) is 5.73 Å². The van der Waals surface area contributed by atoms with Gasteiger partial charge in [-0.05, 0) is 19.8 Å². The van der Waals surface area contributed by atoms with Crippen molar-refractivity contribution < 1.29 is 9.53 Å². The third-order valence-corrected chi connectivity index (χ3v) is 4.41. The zero-order valence-corrected chi connectivity index (χ0v) is 13.4. The van der Waals surface area contributed by atoms with Gasteiger partial charge in [-0.25, -0.2) is 0 Å². The number of nitrogens with two attached hydrogens (primary N) is 1. The van der Waals surface area contributed by atoms with Crippen molar-refractivity contribution >= 4 is 5.97 Å². The highest BCUT2D eigenvalue weighted by Crippen LogP contribution is 2.21. The molecule has 6 nitrogen and oxygen atoms in total. The Morgan fingerprint density at radius 2 is 2.14 bits per heavy atom. The fraction of sp³-hybridized carbons (Fsp3) is 0.733. The minimum absolute atomic E-state index is 0.205. The molecule has 0 radical (unpaired) electrons. The van der Waals surface area contributed by atoms with Crippen LogP contribution in [0.3, 0.4) is 0 Å². The Morgan fingerprint density at radius 3 is 2.71 bits per heavy atom. The smallest absolute Gasteiger partial charge is 0.307 e. The van der Waals surface area contributed by atoms with E-state index in [0.717, 1.165) is 31.0 Å². The summed E-state index contributed by atoms with van der Waals surface area (Å²) in [6, 6.07) is 0.264. The summed E-state index contributed by atoms with van der Waals surface area (Å²) in [5, 5.41) is 4.55. The van der Waals surface area contributed by atoms with Gasteiger partial charge in [-0.1, -0.05) is 6.92 Å². The Morgan fingerprint density at radius 1 is 1.43 bits per heavy atom. The number of likely N-dealkylation sites (tertiary alicyclic amines) is 1. The molecule has 2 rings (SSSR count). The second-order valence-electron chi connectivity index (χ2n) is 6.03. The molecular weight excluding hydrogens is 268 g/mol. The van der Waals surface area contributed by atoms with Crippen LogP contribution in [0.15, 0.2) is 0 Å². The van der Waals surface area contributed by atoms with Crippen molar-refractivity contribution in [2.75, 3.05) is 20.2 Å². The molecule has 1 aromatic rings. The number of esters is 1. The van der Waals surface area contributed by atoms with E-state index in [9.17, 15) is 4.79 Å². The molecule has 1 aromatic heterocycles. The molecule has 0 aromatic carbocycles. The van der Waals surface area contributed by atoms with Crippen LogP contribution in [0, 0.1) is 19.8 Å². The molecule has 6 heteroatoms. The Balaban J connectivity index is 2.03. The van der Waals surface area contributed by atoms with Gasteiger partial charge in [0.2, 0.25) is 0 Å². The topological polar surface area (TPSA) is 73.4 Å². The van der Waals surface area contributed by atoms with Gasteiger partial charge in [0, 0.05) is 36.9 Å². The van der Waals surface area contributed by atoms with Crippen LogP contribution in [-0.4, -0.2) is 46.9 Å². The van der Waals surface area contributed by atoms with E-state index < -0.39 is 0 Å². The first-order chi connectivity index (χ1) is 9.92. The molecule has 1 fully saturated rings. The van der Waals surface area contributed by atoms with Gasteiger partial charge in [0.1, 0.15) is 0 Å². The highest BCUT2D eigenvalue weighted by atomic mass is 16.5. The van der Waals surface area contributed by atoms with E-state index in [1.54, 1.807) is 0 Å². The number of rotatable bonds is 5. The largest absolute Gasteiger partial charge is 0.469 e. The van der Waals surface area contributed by atoms with Crippen molar-refractivity contribution in [3.63, 3.8) is 0 Å². The number of methoxy groups -OCH3 is 1. The summed E-state index contributed by atoms with van der Waals surface area (Å²) in [6.07, 6.45) is 0.351. The zero-order valence-electron chi connectivity index (χ0n) is 13.4. The van der Waals surface area contributed by atoms with E-state index in [1.165, 1.54) is 12.7 Å². The second-order valence-corrected chi connectivity index (χ2v) is 6.03. The van der Waals surface area contributed by atoms with Gasteiger partial charge in [-0.15, -0.1) is 0 Å². The van der Waals surface area contributed by atoms with Crippen LogP contribution in [0.4, 0.5) is 0 Å². The average molecular weight is 294 g/mol. The van der Waals surface area contributed by atoms with Crippen molar-refractivity contribution in [1.82, 2.24) is 14.7 Å². The molecule has 0 saturated carbocycles. The summed E-state index contributed by atoms with van der Waals surface area (Å²) in [5.41, 5.74) is 9.50. The number of aromatic nitrogens is 2. The summed E-state index contributed by atoms with van der Waals surface area (Å²) >= 11 is 0. The Kier molecular flexibility index (Phi) is 5.00. The van der Waals surface area contributed by atoms with E-state index in [2.05, 4.69) is 28.6 Å². The molecule has 1 aliphatic rings. The SMILES string of the molecule is COC(=O)CCn1nc(C)c(CN2CC(C)C(N)C2)c1C. The van der Waals surface area contributed by atoms with Crippen molar-refractivity contribution in [2.24, 2.45) is 11.7 Å². The average Bonchev–Trinajstić information content (AvgIpc) is 2.90. The summed E-state index contributed by atoms with van der Waals surface area (Å²) in [7, 11) is 1.41. The van der Waals surface area contributed by atoms with Crippen LogP contribution in [0.1, 0.15) is 30.3 Å². The number of hydrogen-bond acceptors (Lipinski definition) is 5. The Hall–Kier alpha value is -1.40. The highest BCUT2D eigenvalue weighted by molar-refractivity contribution is 5.68. The van der Waals surface area contributed by atoms with Gasteiger partial charge in [0.25, 0.3) is 0 Å². The summed E-state index contributed by atoms with van der Waals surface area (Å²) in [4.78, 5) is 13.6. The first kappa shape index (κ1) is 16.0. The second kappa shape index (κ2) is 6.58. The predicted molar refractivity (Wildman–Crippen MR) is 80.8 cm³/mol. The molecule has 0 bridgehead atoms. The quantitative estimate of drug-likeness (QED) is 0.815. The molecule has 118 valence electrons. The lowest BCUT2D eigenvalue weighted by molar-refractivity contribution is -0.140. The van der Waals surface area contributed by atoms with Crippen molar-refractivity contribution in [1.29, 1.82) is 0 Å². The number of carbonyl (C=O) groups is 1. The lowest BCUT2D eigenvalue weighted by atomic mass is 10.1. The maximum Gasteiger partial charge on any atom is 0.307 e. The molecule has 2 heterocycles. The number of nitrogens with zero attached hydrogens (tertiary/aromatic N) is 3. The van der Waals surface area contributed by atoms with Gasteiger partial charge in [0.05, 0.1) is 25.8 Å². The van der Waals surface area contributed by atoms with Crippen LogP contribution >= 0.6 is 0 Å². The van der Waals surface area contributed by atoms with Gasteiger partial charge < -0.3 is 10.5 Å². The van der Waals surface area contributed by atoms with E-state index in [0.29, 0.717) is 18.9 Å². The third-order valence-electron chi connectivity index (χ3n) is 4.41. The number of aryl methyl sites for hydroxylation is 2. The van der Waals surface area contributed by atoms with Crippen LogP contribution in [0.25, 0.3) is 0 Å². The van der Waals surface area contributed by atoms with Gasteiger partial charge in [0.15, 0.2) is 0 Å². The van der Waals surface area contributed by atoms with Gasteiger partial charge >= 0.3 is 5.97 Å². The highest BCUT2D eigenvalue weighted by Gasteiger charge is 2.27. The molecule has 2 atom stereocenters. The molecule has 0 aliphatic carbocycles. The molecule has 2 N–H and O–H groups in total. The van der Waals surface area contributed by atoms with Crippen molar-refractivity contribution in [3.8, 4) is 0 Å². The molecule has 1 aliphatic heterocycles. The summed E-state index contributed by atoms with van der Waals surface area (Å²) < 4.78 is 6.58. The normalized spacial score (nSPS) is 22.7. The maximum atomic E-state index is 11.3. The fourth-order valence-corrected chi connectivity index (χ4v) is 2.93. The van der Waals surface area contributed by atoms with Gasteiger partial charge in [-0.3, -0.25) is 14.4 Å². The van der Waals surface area contributed by atoms with Crippen molar-refractivity contribution in [2.45, 2.75) is 46.3 Å². The number of carbonyl (C=O) groups excluding carboxylic acids is 1. The number of hydrogen-bond donors (Lipinski definition) is 1. The van der Waals surface area contributed by atoms with Crippen molar-refractivity contribution in [3.05, 3.63) is 17.0 Å². The maximum absolute atomic E-state index is 11.3. The van der Waals surface area contributed by atoms with Crippen LogP contribution in [0.2, 0.25) is 0 Å². The zero-order chi connectivity index (χ0) is 15.6. The van der Waals surface area contributed by atoms with Crippen LogP contribution < -0.4 is 5.73 Å². The Labute approximate surface area is 126 Å². The molecule has 0 amide bonds. The molecule has 1 saturated heterocycles. The molecule has 21 heavy (non-hydrogen) atoms. The van der Waals surface area contributed by atoms with E-state index in [1.807, 2.05) is 11.6 Å². The lowest BCUT2D eigenvalue weighted by Gasteiger charge is -2.15. The van der Waals surface area contributed by atoms with E-state index in [-0.39, 0.29) is 12.0 Å². The van der Waals surface area contributed by atoms with E-state index >= 15 is 0 Å². The first-order valence-corrected chi connectivity index (χ1v) is 7.50. The first-order valence-electron chi connectivity index (χ1n) is 7.50. The summed E-state index contributed by atoms with van der Waals surface area (Å²) in [6.45, 7) is 9.70. The molecule has 0 spiro atoms. The fourth-order valence-electron chi connectivity index (χ4n) is 2.93. The van der Waals surface area contributed by atoms with Crippen LogP contribution in [0.5, 0.6) is 0 Å².